The summed E-state index contributed by atoms with van der Waals surface area (Å²) in [6, 6.07) is 5.65. The van der Waals surface area contributed by atoms with Crippen LogP contribution in [-0.4, -0.2) is 17.5 Å². The molecule has 0 aliphatic heterocycles. The highest BCUT2D eigenvalue weighted by atomic mass is 79.9. The summed E-state index contributed by atoms with van der Waals surface area (Å²) >= 11 is 5.28. The standard InChI is InChI=1S/C14H19BrFNS/c1-18-14-5-3-2-4-13(14)17-9-10-6-11(15)8-12(16)7-10/h6-8,13-14,17H,2-5,9H2,1H3. The zero-order valence-corrected chi connectivity index (χ0v) is 13.0. The van der Waals surface area contributed by atoms with E-state index in [0.29, 0.717) is 11.3 Å². The van der Waals surface area contributed by atoms with Gasteiger partial charge in [-0.1, -0.05) is 28.8 Å². The van der Waals surface area contributed by atoms with Crippen molar-refractivity contribution in [2.24, 2.45) is 0 Å². The Bertz CT molecular complexity index is 379. The van der Waals surface area contributed by atoms with Crippen LogP contribution in [0.15, 0.2) is 22.7 Å². The van der Waals surface area contributed by atoms with Crippen molar-refractivity contribution in [2.75, 3.05) is 6.26 Å². The lowest BCUT2D eigenvalue weighted by atomic mass is 9.94. The van der Waals surface area contributed by atoms with E-state index in [0.717, 1.165) is 16.6 Å². The van der Waals surface area contributed by atoms with Gasteiger partial charge in [-0.05, 0) is 42.9 Å². The number of benzene rings is 1. The summed E-state index contributed by atoms with van der Waals surface area (Å²) in [4.78, 5) is 0. The van der Waals surface area contributed by atoms with E-state index in [9.17, 15) is 4.39 Å². The lowest BCUT2D eigenvalue weighted by Gasteiger charge is -2.31. The third-order valence-electron chi connectivity index (χ3n) is 3.50. The molecule has 2 atom stereocenters. The quantitative estimate of drug-likeness (QED) is 0.880. The smallest absolute Gasteiger partial charge is 0.124 e. The lowest BCUT2D eigenvalue weighted by Crippen LogP contribution is -2.39. The van der Waals surface area contributed by atoms with E-state index in [4.69, 9.17) is 0 Å². The summed E-state index contributed by atoms with van der Waals surface area (Å²) in [6.07, 6.45) is 7.37. The third-order valence-corrected chi connectivity index (χ3v) is 5.12. The van der Waals surface area contributed by atoms with Gasteiger partial charge in [-0.2, -0.15) is 11.8 Å². The second-order valence-corrected chi connectivity index (χ2v) is 6.82. The maximum Gasteiger partial charge on any atom is 0.124 e. The maximum absolute atomic E-state index is 13.3. The molecule has 1 aromatic carbocycles. The molecule has 1 aromatic rings. The first-order chi connectivity index (χ1) is 8.69. The van der Waals surface area contributed by atoms with Gasteiger partial charge in [-0.3, -0.25) is 0 Å². The van der Waals surface area contributed by atoms with Crippen molar-refractivity contribution in [1.82, 2.24) is 5.32 Å². The monoisotopic (exact) mass is 331 g/mol. The minimum atomic E-state index is -0.175. The van der Waals surface area contributed by atoms with Crippen LogP contribution in [0, 0.1) is 5.82 Å². The van der Waals surface area contributed by atoms with Crippen LogP contribution in [0.2, 0.25) is 0 Å². The Morgan fingerprint density at radius 1 is 1.33 bits per heavy atom. The Labute approximate surface area is 121 Å². The molecule has 2 unspecified atom stereocenters. The van der Waals surface area contributed by atoms with Gasteiger partial charge in [0.1, 0.15) is 5.82 Å². The second kappa shape index (κ2) is 6.92. The largest absolute Gasteiger partial charge is 0.309 e. The topological polar surface area (TPSA) is 12.0 Å². The van der Waals surface area contributed by atoms with Crippen molar-refractivity contribution in [3.8, 4) is 0 Å². The van der Waals surface area contributed by atoms with E-state index in [1.807, 2.05) is 17.8 Å². The van der Waals surface area contributed by atoms with E-state index in [-0.39, 0.29) is 5.82 Å². The average Bonchev–Trinajstić information content (AvgIpc) is 2.35. The SMILES string of the molecule is CSC1CCCCC1NCc1cc(F)cc(Br)c1. The molecule has 0 amide bonds. The van der Waals surface area contributed by atoms with Crippen LogP contribution in [0.5, 0.6) is 0 Å². The summed E-state index contributed by atoms with van der Waals surface area (Å²) in [6.45, 7) is 0.748. The van der Waals surface area contributed by atoms with Gasteiger partial charge in [0.05, 0.1) is 0 Å². The van der Waals surface area contributed by atoms with Gasteiger partial charge in [-0.25, -0.2) is 4.39 Å². The Kier molecular flexibility index (Phi) is 5.52. The first-order valence-electron chi connectivity index (χ1n) is 6.40. The van der Waals surface area contributed by atoms with Crippen LogP contribution in [0.3, 0.4) is 0 Å². The van der Waals surface area contributed by atoms with Crippen LogP contribution in [0.4, 0.5) is 4.39 Å². The van der Waals surface area contributed by atoms with Gasteiger partial charge in [-0.15, -0.1) is 0 Å². The molecule has 1 N–H and O–H groups in total. The summed E-state index contributed by atoms with van der Waals surface area (Å²) < 4.78 is 14.1. The van der Waals surface area contributed by atoms with Gasteiger partial charge >= 0.3 is 0 Å². The van der Waals surface area contributed by atoms with Gasteiger partial charge in [0, 0.05) is 22.3 Å². The summed E-state index contributed by atoms with van der Waals surface area (Å²) in [5.74, 6) is -0.175. The number of hydrogen-bond donors (Lipinski definition) is 1. The molecule has 4 heteroatoms. The Hall–Kier alpha value is -0.0600. The number of thioether (sulfide) groups is 1. The zero-order chi connectivity index (χ0) is 13.0. The molecule has 0 heterocycles. The first kappa shape index (κ1) is 14.4. The van der Waals surface area contributed by atoms with Crippen molar-refractivity contribution >= 4 is 27.7 Å². The fourth-order valence-electron chi connectivity index (χ4n) is 2.57. The highest BCUT2D eigenvalue weighted by Gasteiger charge is 2.23. The molecule has 18 heavy (non-hydrogen) atoms. The third kappa shape index (κ3) is 3.97. The average molecular weight is 332 g/mol. The molecule has 0 radical (unpaired) electrons. The molecule has 1 saturated carbocycles. The van der Waals surface area contributed by atoms with Crippen LogP contribution in [0.25, 0.3) is 0 Å². The molecule has 100 valence electrons. The van der Waals surface area contributed by atoms with Crippen molar-refractivity contribution in [2.45, 2.75) is 43.5 Å². The van der Waals surface area contributed by atoms with E-state index >= 15 is 0 Å². The Balaban J connectivity index is 1.93. The lowest BCUT2D eigenvalue weighted by molar-refractivity contribution is 0.383. The van der Waals surface area contributed by atoms with Crippen LogP contribution in [0.1, 0.15) is 31.2 Å². The van der Waals surface area contributed by atoms with Gasteiger partial charge in [0.15, 0.2) is 0 Å². The number of hydrogen-bond acceptors (Lipinski definition) is 2. The molecule has 0 bridgehead atoms. The molecule has 1 aliphatic carbocycles. The van der Waals surface area contributed by atoms with E-state index in [2.05, 4.69) is 27.5 Å². The fourth-order valence-corrected chi connectivity index (χ4v) is 4.05. The predicted molar refractivity (Wildman–Crippen MR) is 80.5 cm³/mol. The molecule has 0 aromatic heterocycles. The normalized spacial score (nSPS) is 24.2. The van der Waals surface area contributed by atoms with E-state index < -0.39 is 0 Å². The highest BCUT2D eigenvalue weighted by Crippen LogP contribution is 2.27. The molecule has 2 rings (SSSR count). The molecule has 1 aliphatic rings. The molecule has 1 nitrogen and oxygen atoms in total. The minimum absolute atomic E-state index is 0.175. The maximum atomic E-state index is 13.3. The van der Waals surface area contributed by atoms with Crippen molar-refractivity contribution in [3.63, 3.8) is 0 Å². The molecular weight excluding hydrogens is 313 g/mol. The Morgan fingerprint density at radius 2 is 2.11 bits per heavy atom. The van der Waals surface area contributed by atoms with Crippen LogP contribution in [-0.2, 0) is 6.54 Å². The van der Waals surface area contributed by atoms with Gasteiger partial charge in [0.2, 0.25) is 0 Å². The fraction of sp³-hybridized carbons (Fsp3) is 0.571. The van der Waals surface area contributed by atoms with Crippen molar-refractivity contribution in [1.29, 1.82) is 0 Å². The molecule has 1 fully saturated rings. The van der Waals surface area contributed by atoms with Crippen LogP contribution < -0.4 is 5.32 Å². The first-order valence-corrected chi connectivity index (χ1v) is 8.48. The second-order valence-electron chi connectivity index (χ2n) is 4.82. The summed E-state index contributed by atoms with van der Waals surface area (Å²) in [7, 11) is 0. The van der Waals surface area contributed by atoms with Crippen molar-refractivity contribution in [3.05, 3.63) is 34.1 Å². The highest BCUT2D eigenvalue weighted by molar-refractivity contribution is 9.10. The Morgan fingerprint density at radius 3 is 2.83 bits per heavy atom. The summed E-state index contributed by atoms with van der Waals surface area (Å²) in [5.41, 5.74) is 1.01. The van der Waals surface area contributed by atoms with Gasteiger partial charge in [0.25, 0.3) is 0 Å². The molecule has 0 saturated heterocycles. The number of nitrogens with one attached hydrogen (secondary N) is 1. The summed E-state index contributed by atoms with van der Waals surface area (Å²) in [5, 5.41) is 4.29. The predicted octanol–water partition coefficient (Wildman–Crippen LogP) is 4.35. The van der Waals surface area contributed by atoms with Crippen molar-refractivity contribution < 1.29 is 4.39 Å². The van der Waals surface area contributed by atoms with E-state index in [1.165, 1.54) is 31.7 Å². The molecule has 0 spiro atoms. The van der Waals surface area contributed by atoms with Gasteiger partial charge < -0.3 is 5.32 Å². The zero-order valence-electron chi connectivity index (χ0n) is 10.6. The minimum Gasteiger partial charge on any atom is -0.309 e. The molecular formula is C14H19BrFNS. The van der Waals surface area contributed by atoms with Crippen LogP contribution >= 0.6 is 27.7 Å². The van der Waals surface area contributed by atoms with E-state index in [1.54, 1.807) is 6.07 Å². The number of halogens is 2. The number of rotatable bonds is 4.